The molecule has 0 amide bonds. The molecule has 0 spiro atoms. The zero-order valence-corrected chi connectivity index (χ0v) is 13.9. The van der Waals surface area contributed by atoms with Crippen LogP contribution < -0.4 is 0 Å². The van der Waals surface area contributed by atoms with Gasteiger partial charge in [0.2, 0.25) is 0 Å². The zero-order valence-electron chi connectivity index (χ0n) is 13.0. The van der Waals surface area contributed by atoms with Crippen molar-refractivity contribution in [1.82, 2.24) is 0 Å². The third-order valence-electron chi connectivity index (χ3n) is 2.64. The van der Waals surface area contributed by atoms with E-state index in [1.807, 2.05) is 0 Å². The third-order valence-corrected chi connectivity index (χ3v) is 3.22. The summed E-state index contributed by atoms with van der Waals surface area (Å²) < 4.78 is 165. The first-order valence-corrected chi connectivity index (χ1v) is 7.76. The fourth-order valence-electron chi connectivity index (χ4n) is 1.27. The highest BCUT2D eigenvalue weighted by atomic mass is 31.2. The monoisotopic (exact) mass is 470 g/mol. The summed E-state index contributed by atoms with van der Waals surface area (Å²) >= 11 is 0. The summed E-state index contributed by atoms with van der Waals surface area (Å²) in [6.07, 6.45) is -27.0. The van der Waals surface area contributed by atoms with Gasteiger partial charge in [0, 0.05) is 5.92 Å². The van der Waals surface area contributed by atoms with Crippen molar-refractivity contribution in [3.8, 4) is 0 Å². The molecule has 0 aliphatic heterocycles. The summed E-state index contributed by atoms with van der Waals surface area (Å²) in [5.74, 6) is -2.01. The van der Waals surface area contributed by atoms with Gasteiger partial charge in [0.1, 0.15) is 0 Å². The lowest BCUT2D eigenvalue weighted by atomic mass is 10.2. The second kappa shape index (κ2) is 12.2. The summed E-state index contributed by atoms with van der Waals surface area (Å²) in [5, 5.41) is 0. The third kappa shape index (κ3) is 9.26. The number of rotatable bonds is 15. The number of alkyl halides is 10. The molecule has 0 aromatic carbocycles. The standard InChI is InChI=1S/C10H11F12O5P/c11-5(7(13)14)9(17,18)23-1-4(3-25-28(26-21)27-22)2-24-10(19,20)6(12)8(15)16/h4-8H,1-3H2. The molecule has 0 saturated heterocycles. The Kier molecular flexibility index (Phi) is 11.9. The van der Waals surface area contributed by atoms with Crippen LogP contribution in [-0.2, 0) is 23.5 Å². The Balaban J connectivity index is 5.00. The average molecular weight is 470 g/mol. The summed E-state index contributed by atoms with van der Waals surface area (Å²) in [5.41, 5.74) is 0. The second-order valence-electron chi connectivity index (χ2n) is 4.74. The molecule has 0 aliphatic carbocycles. The Labute approximate surface area is 149 Å². The van der Waals surface area contributed by atoms with Gasteiger partial charge in [-0.1, -0.05) is 0 Å². The van der Waals surface area contributed by atoms with Crippen molar-refractivity contribution in [3.63, 3.8) is 0 Å². The van der Waals surface area contributed by atoms with Crippen molar-refractivity contribution < 1.29 is 76.4 Å². The highest BCUT2D eigenvalue weighted by molar-refractivity contribution is 7.41. The first-order valence-electron chi connectivity index (χ1n) is 6.66. The SMILES string of the molecule is FOP(OF)OCC(COC(F)(F)C(F)C(F)F)COC(F)(F)C(F)C(F)F. The molecule has 0 bridgehead atoms. The molecule has 2 atom stereocenters. The summed E-state index contributed by atoms with van der Waals surface area (Å²) in [4.78, 5) is 0. The minimum absolute atomic E-state index is 1.29. The highest BCUT2D eigenvalue weighted by Gasteiger charge is 2.49. The van der Waals surface area contributed by atoms with Crippen molar-refractivity contribution in [1.29, 1.82) is 0 Å². The lowest BCUT2D eigenvalue weighted by Gasteiger charge is -2.26. The van der Waals surface area contributed by atoms with E-state index in [1.165, 1.54) is 0 Å². The maximum atomic E-state index is 13.0. The number of hydrogen-bond acceptors (Lipinski definition) is 5. The minimum atomic E-state index is -5.15. The molecular formula is C10H11F12O5P. The van der Waals surface area contributed by atoms with Gasteiger partial charge in [-0.2, -0.15) is 17.6 Å². The van der Waals surface area contributed by atoms with Gasteiger partial charge in [-0.05, 0) is 9.05 Å². The van der Waals surface area contributed by atoms with Crippen LogP contribution in [0.1, 0.15) is 0 Å². The smallest absolute Gasteiger partial charge is 0.318 e. The van der Waals surface area contributed by atoms with Crippen molar-refractivity contribution in [3.05, 3.63) is 0 Å². The molecule has 0 fully saturated rings. The van der Waals surface area contributed by atoms with Crippen molar-refractivity contribution in [2.75, 3.05) is 19.8 Å². The Morgan fingerprint density at radius 3 is 1.29 bits per heavy atom. The first-order chi connectivity index (χ1) is 12.8. The van der Waals surface area contributed by atoms with Crippen LogP contribution in [0.5, 0.6) is 0 Å². The predicted octanol–water partition coefficient (Wildman–Crippen LogP) is 5.07. The van der Waals surface area contributed by atoms with Crippen LogP contribution in [0.15, 0.2) is 0 Å². The second-order valence-corrected chi connectivity index (χ2v) is 5.72. The molecule has 0 rings (SSSR count). The number of hydrogen-bond donors (Lipinski definition) is 0. The maximum absolute atomic E-state index is 13.0. The van der Waals surface area contributed by atoms with Crippen molar-refractivity contribution >= 4 is 8.60 Å². The van der Waals surface area contributed by atoms with E-state index in [-0.39, 0.29) is 0 Å². The van der Waals surface area contributed by atoms with Gasteiger partial charge >= 0.3 is 20.8 Å². The van der Waals surface area contributed by atoms with Gasteiger partial charge in [0.15, 0.2) is 0 Å². The summed E-state index contributed by atoms with van der Waals surface area (Å²) in [6, 6.07) is 0. The first kappa shape index (κ1) is 27.4. The number of halogens is 12. The lowest BCUT2D eigenvalue weighted by Crippen LogP contribution is -2.42. The quantitative estimate of drug-likeness (QED) is 0.247. The topological polar surface area (TPSA) is 46.2 Å². The molecule has 0 radical (unpaired) electrons. The van der Waals surface area contributed by atoms with Crippen LogP contribution in [0.3, 0.4) is 0 Å². The molecule has 170 valence electrons. The van der Waals surface area contributed by atoms with Crippen molar-refractivity contribution in [2.24, 2.45) is 5.92 Å². The van der Waals surface area contributed by atoms with Crippen LogP contribution in [0, 0.1) is 5.92 Å². The van der Waals surface area contributed by atoms with E-state index in [1.54, 1.807) is 0 Å². The highest BCUT2D eigenvalue weighted by Crippen LogP contribution is 2.41. The molecule has 0 aliphatic rings. The zero-order chi connectivity index (χ0) is 22.1. The van der Waals surface area contributed by atoms with Gasteiger partial charge in [-0.15, -0.1) is 9.46 Å². The van der Waals surface area contributed by atoms with Gasteiger partial charge in [-0.25, -0.2) is 26.3 Å². The van der Waals surface area contributed by atoms with Crippen LogP contribution in [0.2, 0.25) is 0 Å². The molecule has 18 heteroatoms. The molecular weight excluding hydrogens is 459 g/mol. The molecule has 0 saturated carbocycles. The van der Waals surface area contributed by atoms with Gasteiger partial charge in [0.05, 0.1) is 19.8 Å². The lowest BCUT2D eigenvalue weighted by molar-refractivity contribution is -0.312. The van der Waals surface area contributed by atoms with E-state index in [0.717, 1.165) is 0 Å². The normalized spacial score (nSPS) is 16.8. The van der Waals surface area contributed by atoms with E-state index >= 15 is 0 Å². The van der Waals surface area contributed by atoms with E-state index in [2.05, 4.69) is 23.5 Å². The van der Waals surface area contributed by atoms with Crippen LogP contribution in [0.4, 0.5) is 53.0 Å². The van der Waals surface area contributed by atoms with E-state index in [4.69, 9.17) is 0 Å². The van der Waals surface area contributed by atoms with Crippen LogP contribution >= 0.6 is 8.60 Å². The van der Waals surface area contributed by atoms with Crippen LogP contribution in [-0.4, -0.2) is 57.2 Å². The fraction of sp³-hybridized carbons (Fsp3) is 1.00. The van der Waals surface area contributed by atoms with Gasteiger partial charge in [0.25, 0.3) is 25.2 Å². The molecule has 0 aromatic heterocycles. The molecule has 2 unspecified atom stereocenters. The molecule has 0 heterocycles. The van der Waals surface area contributed by atoms with Gasteiger partial charge < -0.3 is 14.0 Å². The predicted molar refractivity (Wildman–Crippen MR) is 64.3 cm³/mol. The average Bonchev–Trinajstić information content (AvgIpc) is 2.62. The van der Waals surface area contributed by atoms with Crippen molar-refractivity contribution in [2.45, 2.75) is 37.4 Å². The summed E-state index contributed by atoms with van der Waals surface area (Å²) in [7, 11) is -3.42. The Morgan fingerprint density at radius 1 is 0.643 bits per heavy atom. The summed E-state index contributed by atoms with van der Waals surface area (Å²) in [6.45, 7) is -4.56. The molecule has 5 nitrogen and oxygen atoms in total. The Hall–Kier alpha value is -0.610. The largest absolute Gasteiger partial charge is 0.403 e. The maximum Gasteiger partial charge on any atom is 0.403 e. The molecule has 0 aromatic rings. The fourth-order valence-corrected chi connectivity index (χ4v) is 1.71. The van der Waals surface area contributed by atoms with E-state index in [0.29, 0.717) is 0 Å². The Bertz CT molecular complexity index is 400. The number of ether oxygens (including phenoxy) is 2. The molecule has 0 N–H and O–H groups in total. The minimum Gasteiger partial charge on any atom is -0.318 e. The molecule has 28 heavy (non-hydrogen) atoms. The van der Waals surface area contributed by atoms with Crippen LogP contribution in [0.25, 0.3) is 0 Å². The van der Waals surface area contributed by atoms with E-state index < -0.39 is 71.8 Å². The Morgan fingerprint density at radius 2 is 1.00 bits per heavy atom. The van der Waals surface area contributed by atoms with E-state index in [9.17, 15) is 53.0 Å². The van der Waals surface area contributed by atoms with Gasteiger partial charge in [-0.3, -0.25) is 0 Å².